The molecule has 6 heteroatoms. The van der Waals surface area contributed by atoms with Gasteiger partial charge in [0, 0.05) is 13.0 Å². The zero-order chi connectivity index (χ0) is 8.97. The third-order valence-electron chi connectivity index (χ3n) is 1.41. The summed E-state index contributed by atoms with van der Waals surface area (Å²) in [6.07, 6.45) is 1.61. The van der Waals surface area contributed by atoms with Crippen molar-refractivity contribution in [3.8, 4) is 0 Å². The standard InChI is InChI=1S/C6H10N4O2/c1-5(2-6(11)12)3-10-4-7-8-9-10/h4-5H,2-3H2,1H3,(H,11,12). The summed E-state index contributed by atoms with van der Waals surface area (Å²) in [7, 11) is 0. The van der Waals surface area contributed by atoms with Gasteiger partial charge >= 0.3 is 5.97 Å². The molecule has 0 aliphatic heterocycles. The van der Waals surface area contributed by atoms with E-state index in [-0.39, 0.29) is 12.3 Å². The Morgan fingerprint density at radius 2 is 2.50 bits per heavy atom. The van der Waals surface area contributed by atoms with Crippen LogP contribution >= 0.6 is 0 Å². The number of nitrogens with zero attached hydrogens (tertiary/aromatic N) is 4. The molecular formula is C6H10N4O2. The first-order valence-electron chi connectivity index (χ1n) is 3.61. The van der Waals surface area contributed by atoms with E-state index in [1.54, 1.807) is 0 Å². The van der Waals surface area contributed by atoms with E-state index in [2.05, 4.69) is 15.5 Å². The molecule has 0 saturated carbocycles. The summed E-state index contributed by atoms with van der Waals surface area (Å²) >= 11 is 0. The average Bonchev–Trinajstić information content (AvgIpc) is 2.37. The van der Waals surface area contributed by atoms with Crippen LogP contribution in [0, 0.1) is 5.92 Å². The molecule has 0 aliphatic rings. The molecule has 0 aromatic carbocycles. The van der Waals surface area contributed by atoms with E-state index < -0.39 is 5.97 Å². The van der Waals surface area contributed by atoms with Crippen LogP contribution in [0.25, 0.3) is 0 Å². The van der Waals surface area contributed by atoms with Gasteiger partial charge in [-0.25, -0.2) is 4.68 Å². The number of carbonyl (C=O) groups is 1. The number of aliphatic carboxylic acids is 1. The van der Waals surface area contributed by atoms with E-state index in [0.717, 1.165) is 0 Å². The predicted molar refractivity (Wildman–Crippen MR) is 39.2 cm³/mol. The van der Waals surface area contributed by atoms with E-state index >= 15 is 0 Å². The van der Waals surface area contributed by atoms with Crippen LogP contribution < -0.4 is 0 Å². The van der Waals surface area contributed by atoms with Crippen molar-refractivity contribution in [2.75, 3.05) is 0 Å². The Balaban J connectivity index is 2.36. The normalized spacial score (nSPS) is 12.8. The van der Waals surface area contributed by atoms with Gasteiger partial charge in [-0.2, -0.15) is 0 Å². The number of hydrogen-bond acceptors (Lipinski definition) is 4. The second-order valence-corrected chi connectivity index (χ2v) is 2.73. The lowest BCUT2D eigenvalue weighted by Gasteiger charge is -2.05. The number of aromatic nitrogens is 4. The average molecular weight is 170 g/mol. The van der Waals surface area contributed by atoms with E-state index in [9.17, 15) is 4.79 Å². The van der Waals surface area contributed by atoms with Crippen molar-refractivity contribution in [2.45, 2.75) is 19.9 Å². The first kappa shape index (κ1) is 8.63. The molecule has 0 bridgehead atoms. The molecule has 1 heterocycles. The van der Waals surface area contributed by atoms with Crippen molar-refractivity contribution in [2.24, 2.45) is 5.92 Å². The molecule has 0 saturated heterocycles. The summed E-state index contributed by atoms with van der Waals surface area (Å²) in [5, 5.41) is 19.0. The SMILES string of the molecule is CC(CC(=O)O)Cn1cnnn1. The summed E-state index contributed by atoms with van der Waals surface area (Å²) in [6.45, 7) is 2.38. The van der Waals surface area contributed by atoms with Gasteiger partial charge in [0.2, 0.25) is 0 Å². The minimum Gasteiger partial charge on any atom is -0.481 e. The molecule has 0 spiro atoms. The quantitative estimate of drug-likeness (QED) is 0.675. The Bertz CT molecular complexity index is 246. The molecule has 0 aliphatic carbocycles. The molecule has 1 atom stereocenters. The van der Waals surface area contributed by atoms with Crippen molar-refractivity contribution in [1.82, 2.24) is 20.2 Å². The van der Waals surface area contributed by atoms with Crippen molar-refractivity contribution >= 4 is 5.97 Å². The fourth-order valence-corrected chi connectivity index (χ4v) is 0.946. The molecule has 12 heavy (non-hydrogen) atoms. The number of carboxylic acid groups (broad SMARTS) is 1. The van der Waals surface area contributed by atoms with Crippen LogP contribution in [0.2, 0.25) is 0 Å². The van der Waals surface area contributed by atoms with Gasteiger partial charge in [0.05, 0.1) is 0 Å². The highest BCUT2D eigenvalue weighted by Crippen LogP contribution is 2.03. The fraction of sp³-hybridized carbons (Fsp3) is 0.667. The highest BCUT2D eigenvalue weighted by molar-refractivity contribution is 5.66. The van der Waals surface area contributed by atoms with Crippen molar-refractivity contribution in [3.05, 3.63) is 6.33 Å². The predicted octanol–water partition coefficient (Wildman–Crippen LogP) is -0.216. The number of rotatable bonds is 4. The number of tetrazole rings is 1. The van der Waals surface area contributed by atoms with Gasteiger partial charge < -0.3 is 5.11 Å². The Morgan fingerprint density at radius 1 is 1.75 bits per heavy atom. The first-order chi connectivity index (χ1) is 5.68. The van der Waals surface area contributed by atoms with Gasteiger partial charge in [0.25, 0.3) is 0 Å². The Labute approximate surface area is 69.2 Å². The molecule has 1 aromatic heterocycles. The minimum absolute atomic E-state index is 0.0472. The zero-order valence-electron chi connectivity index (χ0n) is 6.71. The molecular weight excluding hydrogens is 160 g/mol. The Morgan fingerprint density at radius 3 is 3.00 bits per heavy atom. The molecule has 1 rings (SSSR count). The van der Waals surface area contributed by atoms with Crippen LogP contribution in [0.3, 0.4) is 0 Å². The summed E-state index contributed by atoms with van der Waals surface area (Å²) in [5.41, 5.74) is 0. The third-order valence-corrected chi connectivity index (χ3v) is 1.41. The van der Waals surface area contributed by atoms with Crippen LogP contribution in [-0.2, 0) is 11.3 Å². The first-order valence-corrected chi connectivity index (χ1v) is 3.61. The topological polar surface area (TPSA) is 80.9 Å². The van der Waals surface area contributed by atoms with Gasteiger partial charge in [0.15, 0.2) is 0 Å². The van der Waals surface area contributed by atoms with E-state index in [1.165, 1.54) is 11.0 Å². The maximum Gasteiger partial charge on any atom is 0.303 e. The molecule has 6 nitrogen and oxygen atoms in total. The van der Waals surface area contributed by atoms with Crippen molar-refractivity contribution in [1.29, 1.82) is 0 Å². The number of carboxylic acids is 1. The lowest BCUT2D eigenvalue weighted by molar-refractivity contribution is -0.138. The second-order valence-electron chi connectivity index (χ2n) is 2.73. The molecule has 0 radical (unpaired) electrons. The number of hydrogen-bond donors (Lipinski definition) is 1. The van der Waals surface area contributed by atoms with E-state index in [1.807, 2.05) is 6.92 Å². The van der Waals surface area contributed by atoms with Crippen LogP contribution in [0.15, 0.2) is 6.33 Å². The van der Waals surface area contributed by atoms with Gasteiger partial charge in [-0.3, -0.25) is 4.79 Å². The monoisotopic (exact) mass is 170 g/mol. The third kappa shape index (κ3) is 2.65. The van der Waals surface area contributed by atoms with Gasteiger partial charge in [-0.05, 0) is 16.3 Å². The zero-order valence-corrected chi connectivity index (χ0v) is 6.71. The maximum atomic E-state index is 10.3. The summed E-state index contributed by atoms with van der Waals surface area (Å²) in [6, 6.07) is 0. The molecule has 0 fully saturated rings. The van der Waals surface area contributed by atoms with Crippen molar-refractivity contribution in [3.63, 3.8) is 0 Å². The fourth-order valence-electron chi connectivity index (χ4n) is 0.946. The van der Waals surface area contributed by atoms with Crippen molar-refractivity contribution < 1.29 is 9.90 Å². The summed E-state index contributed by atoms with van der Waals surface area (Å²) in [4.78, 5) is 10.3. The van der Waals surface area contributed by atoms with Crippen LogP contribution in [-0.4, -0.2) is 31.3 Å². The van der Waals surface area contributed by atoms with E-state index in [4.69, 9.17) is 5.11 Å². The van der Waals surface area contributed by atoms with Crippen LogP contribution in [0.4, 0.5) is 0 Å². The Hall–Kier alpha value is -1.46. The molecule has 1 N–H and O–H groups in total. The van der Waals surface area contributed by atoms with Gasteiger partial charge in [-0.15, -0.1) is 5.10 Å². The summed E-state index contributed by atoms with van der Waals surface area (Å²) < 4.78 is 1.52. The van der Waals surface area contributed by atoms with Gasteiger partial charge in [-0.1, -0.05) is 6.92 Å². The lowest BCUT2D eigenvalue weighted by atomic mass is 10.1. The van der Waals surface area contributed by atoms with Crippen LogP contribution in [0.5, 0.6) is 0 Å². The smallest absolute Gasteiger partial charge is 0.303 e. The van der Waals surface area contributed by atoms with E-state index in [0.29, 0.717) is 6.54 Å². The summed E-state index contributed by atoms with van der Waals surface area (Å²) in [5.74, 6) is -0.749. The van der Waals surface area contributed by atoms with Gasteiger partial charge in [0.1, 0.15) is 6.33 Å². The highest BCUT2D eigenvalue weighted by Gasteiger charge is 2.08. The molecule has 0 amide bonds. The highest BCUT2D eigenvalue weighted by atomic mass is 16.4. The molecule has 66 valence electrons. The lowest BCUT2D eigenvalue weighted by Crippen LogP contribution is -2.12. The maximum absolute atomic E-state index is 10.3. The molecule has 1 unspecified atom stereocenters. The van der Waals surface area contributed by atoms with Crippen LogP contribution in [0.1, 0.15) is 13.3 Å². The molecule has 1 aromatic rings. The largest absolute Gasteiger partial charge is 0.481 e. The Kier molecular flexibility index (Phi) is 2.73. The second kappa shape index (κ2) is 3.80. The minimum atomic E-state index is -0.796.